The number of amides is 2. The number of carbonyl (C=O) groups excluding carboxylic acids is 2. The van der Waals surface area contributed by atoms with Crippen molar-refractivity contribution >= 4 is 23.4 Å². The van der Waals surface area contributed by atoms with Crippen LogP contribution in [0.4, 0.5) is 0 Å². The topological polar surface area (TPSA) is 140 Å². The molecule has 0 aromatic carbocycles. The lowest BCUT2D eigenvalue weighted by atomic mass is 10.2. The van der Waals surface area contributed by atoms with Gasteiger partial charge in [-0.05, 0) is 19.1 Å². The van der Waals surface area contributed by atoms with E-state index < -0.39 is 18.1 Å². The molecule has 2 bridgehead atoms. The van der Waals surface area contributed by atoms with Crippen molar-refractivity contribution in [3.63, 3.8) is 0 Å². The van der Waals surface area contributed by atoms with Crippen LogP contribution in [0.15, 0.2) is 24.5 Å². The number of carbonyl (C=O) groups is 2. The van der Waals surface area contributed by atoms with Crippen LogP contribution < -0.4 is 10.1 Å². The fourth-order valence-electron chi connectivity index (χ4n) is 3.82. The normalized spacial score (nSPS) is 20.9. The molecule has 5 heterocycles. The highest BCUT2D eigenvalue weighted by atomic mass is 35.5. The lowest BCUT2D eigenvalue weighted by Gasteiger charge is -2.20. The Morgan fingerprint density at radius 1 is 1.33 bits per heavy atom. The third-order valence-corrected chi connectivity index (χ3v) is 6.00. The van der Waals surface area contributed by atoms with Crippen molar-refractivity contribution < 1.29 is 19.1 Å². The maximum Gasteiger partial charge on any atom is 0.276 e. The zero-order valence-electron chi connectivity index (χ0n) is 17.7. The van der Waals surface area contributed by atoms with Crippen LogP contribution in [0.2, 0.25) is 5.02 Å². The van der Waals surface area contributed by atoms with Crippen LogP contribution in [-0.4, -0.2) is 78.7 Å². The number of fused-ring (bicyclic) bond motifs is 4. The van der Waals surface area contributed by atoms with Crippen LogP contribution in [0.5, 0.6) is 5.75 Å². The first-order valence-electron chi connectivity index (χ1n) is 10.4. The van der Waals surface area contributed by atoms with Crippen molar-refractivity contribution in [2.75, 3.05) is 19.7 Å². The summed E-state index contributed by atoms with van der Waals surface area (Å²) in [5.74, 6) is -0.406. The maximum absolute atomic E-state index is 13.1. The number of aromatic amines is 1. The van der Waals surface area contributed by atoms with Crippen molar-refractivity contribution in [3.05, 3.63) is 52.3 Å². The van der Waals surface area contributed by atoms with Crippen LogP contribution >= 0.6 is 11.6 Å². The van der Waals surface area contributed by atoms with Gasteiger partial charge in [0.05, 0.1) is 42.2 Å². The lowest BCUT2D eigenvalue weighted by Crippen LogP contribution is -2.44. The highest BCUT2D eigenvalue weighted by Crippen LogP contribution is 2.24. The summed E-state index contributed by atoms with van der Waals surface area (Å²) in [6.07, 6.45) is 2.81. The van der Waals surface area contributed by atoms with Gasteiger partial charge in [0.1, 0.15) is 12.3 Å². The number of pyridine rings is 1. The predicted molar refractivity (Wildman–Crippen MR) is 114 cm³/mol. The summed E-state index contributed by atoms with van der Waals surface area (Å²) in [6.45, 7) is 3.10. The largest absolute Gasteiger partial charge is 0.489 e. The van der Waals surface area contributed by atoms with Gasteiger partial charge in [-0.25, -0.2) is 9.67 Å². The molecule has 172 valence electrons. The van der Waals surface area contributed by atoms with E-state index >= 15 is 0 Å². The number of rotatable bonds is 1. The van der Waals surface area contributed by atoms with Crippen LogP contribution in [0.3, 0.4) is 0 Å². The number of nitrogens with zero attached hydrogens (tertiary/aromatic N) is 6. The zero-order chi connectivity index (χ0) is 22.9. The van der Waals surface area contributed by atoms with E-state index in [1.54, 1.807) is 34.8 Å². The standard InChI is InChI=1S/C20H21ClN8O4/c1-11-16(21)18(26-24-11)20(31)28-8-13-15(9-28)33-10-12-7-29(27-25-12)5-6-32-14-3-2-4-22-17(14)19(30)23-13/h2-4,7,13,15H,5-6,8-10H2,1H3,(H,23,30)(H,24,26)/t13-,15-/m0/s1. The highest BCUT2D eigenvalue weighted by molar-refractivity contribution is 6.34. The minimum absolute atomic E-state index is 0.133. The number of aryl methyl sites for hydroxylation is 1. The summed E-state index contributed by atoms with van der Waals surface area (Å²) in [5, 5.41) is 18.1. The number of halogens is 1. The molecule has 1 fully saturated rings. The third-order valence-electron chi connectivity index (χ3n) is 5.54. The van der Waals surface area contributed by atoms with E-state index in [9.17, 15) is 9.59 Å². The van der Waals surface area contributed by atoms with Gasteiger partial charge in [-0.3, -0.25) is 14.7 Å². The van der Waals surface area contributed by atoms with E-state index in [0.29, 0.717) is 23.7 Å². The van der Waals surface area contributed by atoms with Gasteiger partial charge in [0.2, 0.25) is 0 Å². The summed E-state index contributed by atoms with van der Waals surface area (Å²) in [5.41, 5.74) is 1.53. The van der Waals surface area contributed by atoms with Crippen LogP contribution in [-0.2, 0) is 17.9 Å². The first-order valence-corrected chi connectivity index (χ1v) is 10.8. The smallest absolute Gasteiger partial charge is 0.276 e. The first kappa shape index (κ1) is 21.3. The SMILES string of the molecule is Cc1[nH]nc(C(=O)N2C[C@@H]3NC(=O)c4ncccc4OCCn4cc(nn4)CO[C@H]3C2)c1Cl. The molecule has 1 saturated heterocycles. The molecule has 2 amide bonds. The summed E-state index contributed by atoms with van der Waals surface area (Å²) in [6, 6.07) is 2.88. The average Bonchev–Trinajstić information content (AvgIpc) is 3.52. The summed E-state index contributed by atoms with van der Waals surface area (Å²) in [4.78, 5) is 31.8. The number of ether oxygens (including phenoxy) is 2. The number of H-pyrrole nitrogens is 1. The Labute approximate surface area is 193 Å². The van der Waals surface area contributed by atoms with Crippen molar-refractivity contribution in [2.24, 2.45) is 0 Å². The van der Waals surface area contributed by atoms with Crippen molar-refractivity contribution in [2.45, 2.75) is 32.2 Å². The molecule has 5 rings (SSSR count). The van der Waals surface area contributed by atoms with E-state index in [1.165, 1.54) is 6.20 Å². The Morgan fingerprint density at radius 2 is 2.21 bits per heavy atom. The lowest BCUT2D eigenvalue weighted by molar-refractivity contribution is 0.0289. The van der Waals surface area contributed by atoms with Crippen LogP contribution in [0.25, 0.3) is 0 Å². The molecule has 0 aliphatic carbocycles. The molecule has 3 aromatic rings. The van der Waals surface area contributed by atoms with Gasteiger partial charge in [0.25, 0.3) is 11.8 Å². The van der Waals surface area contributed by atoms with Gasteiger partial charge in [-0.2, -0.15) is 5.10 Å². The maximum atomic E-state index is 13.1. The minimum atomic E-state index is -0.492. The van der Waals surface area contributed by atoms with E-state index in [-0.39, 0.29) is 48.6 Å². The molecule has 13 heteroatoms. The Hall–Kier alpha value is -3.51. The molecule has 33 heavy (non-hydrogen) atoms. The number of hydrogen-bond donors (Lipinski definition) is 2. The van der Waals surface area contributed by atoms with E-state index in [1.807, 2.05) is 0 Å². The Morgan fingerprint density at radius 3 is 3.03 bits per heavy atom. The molecule has 0 unspecified atom stereocenters. The van der Waals surface area contributed by atoms with Gasteiger partial charge < -0.3 is 19.7 Å². The predicted octanol–water partition coefficient (Wildman–Crippen LogP) is 0.590. The minimum Gasteiger partial charge on any atom is -0.489 e. The second kappa shape index (κ2) is 8.79. The average molecular weight is 473 g/mol. The molecule has 2 aliphatic rings. The monoisotopic (exact) mass is 472 g/mol. The highest BCUT2D eigenvalue weighted by Gasteiger charge is 2.39. The quantitative estimate of drug-likeness (QED) is 0.524. The Kier molecular flexibility index (Phi) is 5.68. The van der Waals surface area contributed by atoms with Gasteiger partial charge in [-0.15, -0.1) is 5.10 Å². The van der Waals surface area contributed by atoms with Crippen molar-refractivity contribution in [1.29, 1.82) is 0 Å². The van der Waals surface area contributed by atoms with Gasteiger partial charge in [-0.1, -0.05) is 16.8 Å². The van der Waals surface area contributed by atoms with E-state index in [2.05, 4.69) is 30.8 Å². The molecule has 12 nitrogen and oxygen atoms in total. The molecule has 0 saturated carbocycles. The summed E-state index contributed by atoms with van der Waals surface area (Å²) < 4.78 is 13.5. The molecular formula is C20H21ClN8O4. The second-order valence-electron chi connectivity index (χ2n) is 7.82. The van der Waals surface area contributed by atoms with Crippen LogP contribution in [0.1, 0.15) is 32.4 Å². The second-order valence-corrected chi connectivity index (χ2v) is 8.20. The fourth-order valence-corrected chi connectivity index (χ4v) is 3.99. The third kappa shape index (κ3) is 4.26. The molecule has 0 radical (unpaired) electrons. The van der Waals surface area contributed by atoms with Crippen molar-refractivity contribution in [3.8, 4) is 5.75 Å². The van der Waals surface area contributed by atoms with Crippen LogP contribution in [0, 0.1) is 6.92 Å². The van der Waals surface area contributed by atoms with Gasteiger partial charge in [0.15, 0.2) is 17.1 Å². The summed E-state index contributed by atoms with van der Waals surface area (Å²) >= 11 is 6.22. The Balaban J connectivity index is 1.42. The first-order chi connectivity index (χ1) is 16.0. The number of likely N-dealkylation sites (tertiary alicyclic amines) is 1. The molecule has 2 aliphatic heterocycles. The van der Waals surface area contributed by atoms with Gasteiger partial charge >= 0.3 is 0 Å². The van der Waals surface area contributed by atoms with Gasteiger partial charge in [0, 0.05) is 19.3 Å². The van der Waals surface area contributed by atoms with E-state index in [0.717, 1.165) is 0 Å². The number of nitrogens with one attached hydrogen (secondary N) is 2. The summed E-state index contributed by atoms with van der Waals surface area (Å²) in [7, 11) is 0. The molecule has 3 aromatic heterocycles. The molecule has 2 atom stereocenters. The van der Waals surface area contributed by atoms with Crippen molar-refractivity contribution in [1.82, 2.24) is 40.4 Å². The molecule has 0 spiro atoms. The van der Waals surface area contributed by atoms with E-state index in [4.69, 9.17) is 21.1 Å². The number of aromatic nitrogens is 6. The Bertz CT molecular complexity index is 1190. The molecule has 2 N–H and O–H groups in total. The number of hydrogen-bond acceptors (Lipinski definition) is 8. The zero-order valence-corrected chi connectivity index (χ0v) is 18.4. The fraction of sp³-hybridized carbons (Fsp3) is 0.400. The molecular weight excluding hydrogens is 452 g/mol.